The van der Waals surface area contributed by atoms with Crippen molar-refractivity contribution in [3.63, 3.8) is 0 Å². The lowest BCUT2D eigenvalue weighted by atomic mass is 9.86. The van der Waals surface area contributed by atoms with Gasteiger partial charge < -0.3 is 21.5 Å². The molecule has 7 nitrogen and oxygen atoms in total. The van der Waals surface area contributed by atoms with E-state index in [9.17, 15) is 19.5 Å². The van der Waals surface area contributed by atoms with Crippen LogP contribution in [-0.4, -0.2) is 35.4 Å². The fourth-order valence-corrected chi connectivity index (χ4v) is 3.82. The van der Waals surface area contributed by atoms with Crippen LogP contribution in [0.4, 0.5) is 0 Å². The van der Waals surface area contributed by atoms with Gasteiger partial charge in [-0.15, -0.1) is 0 Å². The number of primary amides is 1. The summed E-state index contributed by atoms with van der Waals surface area (Å²) in [7, 11) is 0. The van der Waals surface area contributed by atoms with Gasteiger partial charge in [-0.05, 0) is 42.9 Å². The molecular weight excluding hydrogens is 370 g/mol. The molecule has 2 rings (SSSR count). The number of nitrogens with one attached hydrogen (secondary N) is 2. The third-order valence-electron chi connectivity index (χ3n) is 5.45. The summed E-state index contributed by atoms with van der Waals surface area (Å²) in [5.74, 6) is -0.373. The van der Waals surface area contributed by atoms with Crippen molar-refractivity contribution >= 4 is 17.7 Å². The Morgan fingerprint density at radius 2 is 1.79 bits per heavy atom. The Kier molecular flexibility index (Phi) is 9.47. The molecule has 1 aromatic rings. The van der Waals surface area contributed by atoms with E-state index in [0.717, 1.165) is 18.4 Å². The van der Waals surface area contributed by atoms with Crippen molar-refractivity contribution in [2.45, 2.75) is 70.3 Å². The van der Waals surface area contributed by atoms with Crippen LogP contribution < -0.4 is 16.4 Å². The monoisotopic (exact) mass is 403 g/mol. The van der Waals surface area contributed by atoms with Crippen molar-refractivity contribution < 1.29 is 19.5 Å². The number of phenolic OH excluding ortho intramolecular Hbond substituents is 1. The predicted molar refractivity (Wildman–Crippen MR) is 111 cm³/mol. The minimum atomic E-state index is -0.950. The first kappa shape index (κ1) is 22.7. The summed E-state index contributed by atoms with van der Waals surface area (Å²) in [5, 5.41) is 14.7. The summed E-state index contributed by atoms with van der Waals surface area (Å²) < 4.78 is 0. The van der Waals surface area contributed by atoms with E-state index in [-0.39, 0.29) is 18.1 Å². The fraction of sp³-hybridized carbons (Fsp3) is 0.591. The number of amides is 3. The smallest absolute Gasteiger partial charge is 0.243 e. The molecule has 1 fully saturated rings. The second-order valence-electron chi connectivity index (χ2n) is 7.89. The van der Waals surface area contributed by atoms with E-state index in [4.69, 9.17) is 5.73 Å². The van der Waals surface area contributed by atoms with Crippen LogP contribution in [0, 0.1) is 5.92 Å². The summed E-state index contributed by atoms with van der Waals surface area (Å²) in [6.45, 7) is 0.358. The van der Waals surface area contributed by atoms with Crippen LogP contribution in [0.5, 0.6) is 5.75 Å². The average molecular weight is 404 g/mol. The highest BCUT2D eigenvalue weighted by molar-refractivity contribution is 5.91. The van der Waals surface area contributed by atoms with Crippen LogP contribution in [0.1, 0.15) is 63.4 Å². The number of aromatic hydroxyl groups is 1. The van der Waals surface area contributed by atoms with E-state index in [1.807, 2.05) is 0 Å². The molecule has 5 N–H and O–H groups in total. The van der Waals surface area contributed by atoms with Gasteiger partial charge in [0.05, 0.1) is 6.42 Å². The first-order chi connectivity index (χ1) is 13.9. The molecule has 0 aromatic heterocycles. The Balaban J connectivity index is 1.73. The molecule has 3 amide bonds. The second-order valence-corrected chi connectivity index (χ2v) is 7.89. The van der Waals surface area contributed by atoms with Crippen LogP contribution in [0.2, 0.25) is 0 Å². The largest absolute Gasteiger partial charge is 0.508 e. The quantitative estimate of drug-likeness (QED) is 0.452. The molecule has 7 heteroatoms. The topological polar surface area (TPSA) is 122 Å². The van der Waals surface area contributed by atoms with Crippen molar-refractivity contribution in [3.8, 4) is 5.75 Å². The molecule has 0 saturated heterocycles. The van der Waals surface area contributed by atoms with Gasteiger partial charge in [0.1, 0.15) is 11.8 Å². The average Bonchev–Trinajstić information content (AvgIpc) is 2.69. The summed E-state index contributed by atoms with van der Waals surface area (Å²) in [6, 6.07) is 5.77. The number of hydrogen-bond donors (Lipinski definition) is 4. The van der Waals surface area contributed by atoms with Crippen molar-refractivity contribution in [2.24, 2.45) is 11.7 Å². The number of rotatable bonds is 11. The highest BCUT2D eigenvalue weighted by Gasteiger charge is 2.22. The van der Waals surface area contributed by atoms with Crippen LogP contribution in [0.15, 0.2) is 24.3 Å². The zero-order valence-electron chi connectivity index (χ0n) is 17.0. The molecule has 0 spiro atoms. The zero-order chi connectivity index (χ0) is 21.1. The maximum atomic E-state index is 12.4. The van der Waals surface area contributed by atoms with Gasteiger partial charge in [-0.1, -0.05) is 44.2 Å². The van der Waals surface area contributed by atoms with Crippen molar-refractivity contribution in [2.75, 3.05) is 6.54 Å². The molecule has 1 unspecified atom stereocenters. The third kappa shape index (κ3) is 8.98. The van der Waals surface area contributed by atoms with Crippen LogP contribution in [0.25, 0.3) is 0 Å². The van der Waals surface area contributed by atoms with Crippen molar-refractivity contribution in [1.29, 1.82) is 0 Å². The van der Waals surface area contributed by atoms with E-state index < -0.39 is 17.9 Å². The number of hydrogen-bond acceptors (Lipinski definition) is 4. The maximum Gasteiger partial charge on any atom is 0.243 e. The van der Waals surface area contributed by atoms with Gasteiger partial charge >= 0.3 is 0 Å². The van der Waals surface area contributed by atoms with E-state index in [0.29, 0.717) is 25.3 Å². The lowest BCUT2D eigenvalue weighted by Crippen LogP contribution is -2.49. The standard InChI is InChI=1S/C22H33N3O4/c23-20(27)15-19(22(29)24-14-13-17-9-11-18(26)12-10-17)25-21(28)8-4-7-16-5-2-1-3-6-16/h9-12,16,19,26H,1-8,13-15H2,(H2,23,27)(H,24,29)(H,25,28). The van der Waals surface area contributed by atoms with Gasteiger partial charge in [0, 0.05) is 13.0 Å². The first-order valence-corrected chi connectivity index (χ1v) is 10.6. The summed E-state index contributed by atoms with van der Waals surface area (Å²) in [5.41, 5.74) is 6.20. The lowest BCUT2D eigenvalue weighted by molar-refractivity contribution is -0.131. The molecular formula is C22H33N3O4. The molecule has 0 aliphatic heterocycles. The lowest BCUT2D eigenvalue weighted by Gasteiger charge is -2.21. The minimum Gasteiger partial charge on any atom is -0.508 e. The van der Waals surface area contributed by atoms with Crippen molar-refractivity contribution in [1.82, 2.24) is 10.6 Å². The normalized spacial score (nSPS) is 15.4. The Bertz CT molecular complexity index is 669. The fourth-order valence-electron chi connectivity index (χ4n) is 3.82. The predicted octanol–water partition coefficient (Wildman–Crippen LogP) is 2.16. The Hall–Kier alpha value is -2.57. The number of phenols is 1. The molecule has 29 heavy (non-hydrogen) atoms. The molecule has 1 aromatic carbocycles. The van der Waals surface area contributed by atoms with Gasteiger partial charge in [0.15, 0.2) is 0 Å². The SMILES string of the molecule is NC(=O)CC(NC(=O)CCCC1CCCCC1)C(=O)NCCc1ccc(O)cc1. The second kappa shape index (κ2) is 12.1. The highest BCUT2D eigenvalue weighted by Crippen LogP contribution is 2.27. The Labute approximate surface area is 172 Å². The molecule has 0 heterocycles. The number of benzene rings is 1. The van der Waals surface area contributed by atoms with Crippen LogP contribution >= 0.6 is 0 Å². The van der Waals surface area contributed by atoms with Crippen LogP contribution in [0.3, 0.4) is 0 Å². The van der Waals surface area contributed by atoms with E-state index in [1.165, 1.54) is 32.1 Å². The van der Waals surface area contributed by atoms with Gasteiger partial charge in [-0.3, -0.25) is 14.4 Å². The van der Waals surface area contributed by atoms with Gasteiger partial charge in [-0.25, -0.2) is 0 Å². The molecule has 160 valence electrons. The van der Waals surface area contributed by atoms with E-state index >= 15 is 0 Å². The number of nitrogens with two attached hydrogens (primary N) is 1. The molecule has 1 saturated carbocycles. The van der Waals surface area contributed by atoms with Gasteiger partial charge in [-0.2, -0.15) is 0 Å². The number of carbonyl (C=O) groups excluding carboxylic acids is 3. The van der Waals surface area contributed by atoms with Crippen LogP contribution in [-0.2, 0) is 20.8 Å². The Morgan fingerprint density at radius 1 is 1.10 bits per heavy atom. The zero-order valence-corrected chi connectivity index (χ0v) is 17.0. The van der Waals surface area contributed by atoms with E-state index in [1.54, 1.807) is 24.3 Å². The Morgan fingerprint density at radius 3 is 2.45 bits per heavy atom. The minimum absolute atomic E-state index is 0.186. The molecule has 1 aliphatic carbocycles. The molecule has 1 atom stereocenters. The third-order valence-corrected chi connectivity index (χ3v) is 5.45. The highest BCUT2D eigenvalue weighted by atomic mass is 16.3. The van der Waals surface area contributed by atoms with Gasteiger partial charge in [0.25, 0.3) is 0 Å². The summed E-state index contributed by atoms with van der Waals surface area (Å²) in [4.78, 5) is 36.0. The van der Waals surface area contributed by atoms with E-state index in [2.05, 4.69) is 10.6 Å². The summed E-state index contributed by atoms with van der Waals surface area (Å²) >= 11 is 0. The molecule has 1 aliphatic rings. The maximum absolute atomic E-state index is 12.4. The molecule has 0 bridgehead atoms. The van der Waals surface area contributed by atoms with Gasteiger partial charge in [0.2, 0.25) is 17.7 Å². The van der Waals surface area contributed by atoms with Crippen molar-refractivity contribution in [3.05, 3.63) is 29.8 Å². The first-order valence-electron chi connectivity index (χ1n) is 10.6. The molecule has 0 radical (unpaired) electrons. The number of carbonyl (C=O) groups is 3. The summed E-state index contributed by atoms with van der Waals surface area (Å²) in [6.07, 6.45) is 8.90.